The summed E-state index contributed by atoms with van der Waals surface area (Å²) in [5, 5.41) is 11.5. The summed E-state index contributed by atoms with van der Waals surface area (Å²) < 4.78 is 1.79. The van der Waals surface area contributed by atoms with Crippen molar-refractivity contribution < 1.29 is 4.79 Å². The molecule has 0 unspecified atom stereocenters. The van der Waals surface area contributed by atoms with Crippen LogP contribution in [0.5, 0.6) is 0 Å². The van der Waals surface area contributed by atoms with Gasteiger partial charge in [-0.05, 0) is 36.8 Å². The fourth-order valence-electron chi connectivity index (χ4n) is 2.03. The number of carbonyl (C=O) groups excluding carboxylic acids is 1. The number of aromatic nitrogens is 3. The molecule has 2 heterocycles. The Bertz CT molecular complexity index is 795. The summed E-state index contributed by atoms with van der Waals surface area (Å²) in [5.74, 6) is 0.609. The summed E-state index contributed by atoms with van der Waals surface area (Å²) in [7, 11) is 0. The van der Waals surface area contributed by atoms with E-state index in [1.807, 2.05) is 19.1 Å². The van der Waals surface area contributed by atoms with Gasteiger partial charge >= 0.3 is 0 Å². The second-order valence-electron chi connectivity index (χ2n) is 4.70. The Morgan fingerprint density at radius 3 is 2.71 bits per heavy atom. The fraction of sp³-hybridized carbons (Fsp3) is 0.133. The average Bonchev–Trinajstić information content (AvgIpc) is 2.87. The van der Waals surface area contributed by atoms with Crippen LogP contribution in [0, 0.1) is 6.92 Å². The lowest BCUT2D eigenvalue weighted by atomic mass is 10.2. The van der Waals surface area contributed by atoms with Gasteiger partial charge in [0.15, 0.2) is 5.65 Å². The molecule has 0 aliphatic heterocycles. The van der Waals surface area contributed by atoms with E-state index in [9.17, 15) is 4.79 Å². The number of hydrogen-bond donors (Lipinski definition) is 1. The molecule has 1 amide bonds. The minimum atomic E-state index is -0.139. The van der Waals surface area contributed by atoms with E-state index < -0.39 is 0 Å². The van der Waals surface area contributed by atoms with Crippen LogP contribution < -0.4 is 5.32 Å². The first-order chi connectivity index (χ1) is 10.1. The number of amides is 1. The third-order valence-corrected chi connectivity index (χ3v) is 3.45. The second-order valence-corrected chi connectivity index (χ2v) is 5.14. The van der Waals surface area contributed by atoms with E-state index in [0.29, 0.717) is 17.1 Å². The molecule has 106 valence electrons. The van der Waals surface area contributed by atoms with E-state index in [1.165, 1.54) is 0 Å². The molecule has 1 aromatic carbocycles. The van der Waals surface area contributed by atoms with Gasteiger partial charge in [-0.1, -0.05) is 23.7 Å². The number of rotatable bonds is 3. The van der Waals surface area contributed by atoms with Crippen molar-refractivity contribution in [2.24, 2.45) is 0 Å². The molecule has 0 saturated heterocycles. The van der Waals surface area contributed by atoms with E-state index in [0.717, 1.165) is 17.0 Å². The summed E-state index contributed by atoms with van der Waals surface area (Å²) in [6.45, 7) is 2.30. The molecule has 0 spiro atoms. The number of benzene rings is 1. The lowest BCUT2D eigenvalue weighted by molar-refractivity contribution is 0.0950. The third-order valence-electron chi connectivity index (χ3n) is 3.20. The number of halogens is 1. The Morgan fingerprint density at radius 1 is 1.19 bits per heavy atom. The van der Waals surface area contributed by atoms with Gasteiger partial charge in [0, 0.05) is 17.8 Å². The van der Waals surface area contributed by atoms with Crippen LogP contribution in [-0.2, 0) is 6.54 Å². The lowest BCUT2D eigenvalue weighted by Gasteiger charge is -2.06. The van der Waals surface area contributed by atoms with Crippen LogP contribution in [0.2, 0.25) is 5.02 Å². The van der Waals surface area contributed by atoms with Gasteiger partial charge in [0.25, 0.3) is 5.91 Å². The molecular formula is C15H13ClN4O. The number of pyridine rings is 1. The minimum Gasteiger partial charge on any atom is -0.348 e. The van der Waals surface area contributed by atoms with E-state index in [1.54, 1.807) is 34.9 Å². The molecule has 1 N–H and O–H groups in total. The van der Waals surface area contributed by atoms with Crippen molar-refractivity contribution in [3.8, 4) is 0 Å². The van der Waals surface area contributed by atoms with Crippen molar-refractivity contribution in [1.82, 2.24) is 19.9 Å². The molecule has 5 nitrogen and oxygen atoms in total. The maximum Gasteiger partial charge on any atom is 0.253 e. The minimum absolute atomic E-state index is 0.139. The van der Waals surface area contributed by atoms with E-state index >= 15 is 0 Å². The first-order valence-corrected chi connectivity index (χ1v) is 6.85. The molecular weight excluding hydrogens is 288 g/mol. The Kier molecular flexibility index (Phi) is 3.58. The number of nitrogens with zero attached hydrogens (tertiary/aromatic N) is 3. The lowest BCUT2D eigenvalue weighted by Crippen LogP contribution is -2.23. The summed E-state index contributed by atoms with van der Waals surface area (Å²) >= 11 is 5.83. The van der Waals surface area contributed by atoms with Crippen LogP contribution in [0.25, 0.3) is 5.65 Å². The molecule has 21 heavy (non-hydrogen) atoms. The zero-order chi connectivity index (χ0) is 14.8. The predicted molar refractivity (Wildman–Crippen MR) is 80.3 cm³/mol. The van der Waals surface area contributed by atoms with Gasteiger partial charge in [-0.3, -0.25) is 9.20 Å². The van der Waals surface area contributed by atoms with E-state index in [2.05, 4.69) is 15.5 Å². The van der Waals surface area contributed by atoms with Crippen molar-refractivity contribution >= 4 is 23.2 Å². The van der Waals surface area contributed by atoms with Crippen LogP contribution in [0.15, 0.2) is 42.6 Å². The Balaban J connectivity index is 1.74. The Hall–Kier alpha value is -2.40. The molecule has 0 aliphatic rings. The summed E-state index contributed by atoms with van der Waals surface area (Å²) in [5.41, 5.74) is 2.29. The van der Waals surface area contributed by atoms with Crippen molar-refractivity contribution in [3.63, 3.8) is 0 Å². The predicted octanol–water partition coefficient (Wildman–Crippen LogP) is 2.62. The van der Waals surface area contributed by atoms with Crippen molar-refractivity contribution in [2.45, 2.75) is 13.5 Å². The normalized spacial score (nSPS) is 10.8. The second kappa shape index (κ2) is 5.54. The standard InChI is InChI=1S/C15H13ClN4O/c1-10-18-19-14-7-4-12(9-20(10)14)15(21)17-8-11-2-5-13(16)6-3-11/h2-7,9H,8H2,1H3,(H,17,21). The molecule has 0 fully saturated rings. The smallest absolute Gasteiger partial charge is 0.253 e. The number of fused-ring (bicyclic) bond motifs is 1. The van der Waals surface area contributed by atoms with Gasteiger partial charge in [0.1, 0.15) is 5.82 Å². The van der Waals surface area contributed by atoms with Crippen LogP contribution in [0.3, 0.4) is 0 Å². The van der Waals surface area contributed by atoms with Gasteiger partial charge < -0.3 is 5.32 Å². The van der Waals surface area contributed by atoms with Crippen LogP contribution in [0.1, 0.15) is 21.7 Å². The van der Waals surface area contributed by atoms with Gasteiger partial charge in [-0.15, -0.1) is 10.2 Å². The molecule has 2 aromatic heterocycles. The highest BCUT2D eigenvalue weighted by molar-refractivity contribution is 6.30. The molecule has 3 rings (SSSR count). The van der Waals surface area contributed by atoms with Crippen LogP contribution in [0.4, 0.5) is 0 Å². The maximum absolute atomic E-state index is 12.2. The number of hydrogen-bond acceptors (Lipinski definition) is 3. The molecule has 0 saturated carbocycles. The highest BCUT2D eigenvalue weighted by atomic mass is 35.5. The third kappa shape index (κ3) is 2.87. The summed E-state index contributed by atoms with van der Waals surface area (Å²) in [6, 6.07) is 10.9. The molecule has 0 bridgehead atoms. The first-order valence-electron chi connectivity index (χ1n) is 6.47. The quantitative estimate of drug-likeness (QED) is 0.809. The number of carbonyl (C=O) groups is 1. The Morgan fingerprint density at radius 2 is 1.95 bits per heavy atom. The molecule has 0 aliphatic carbocycles. The molecule has 6 heteroatoms. The number of aryl methyl sites for hydroxylation is 1. The number of nitrogens with one attached hydrogen (secondary N) is 1. The fourth-order valence-corrected chi connectivity index (χ4v) is 2.15. The van der Waals surface area contributed by atoms with Crippen molar-refractivity contribution in [1.29, 1.82) is 0 Å². The average molecular weight is 301 g/mol. The van der Waals surface area contributed by atoms with Crippen molar-refractivity contribution in [2.75, 3.05) is 0 Å². The zero-order valence-electron chi connectivity index (χ0n) is 11.4. The largest absolute Gasteiger partial charge is 0.348 e. The molecule has 0 radical (unpaired) electrons. The zero-order valence-corrected chi connectivity index (χ0v) is 12.1. The summed E-state index contributed by atoms with van der Waals surface area (Å²) in [4.78, 5) is 12.2. The highest BCUT2D eigenvalue weighted by Gasteiger charge is 2.08. The first kappa shape index (κ1) is 13.6. The SMILES string of the molecule is Cc1nnc2ccc(C(=O)NCc3ccc(Cl)cc3)cn12. The molecule has 0 atom stereocenters. The van der Waals surface area contributed by atoms with Crippen molar-refractivity contribution in [3.05, 3.63) is 64.6 Å². The van der Waals surface area contributed by atoms with Crippen LogP contribution in [-0.4, -0.2) is 20.5 Å². The van der Waals surface area contributed by atoms with Gasteiger partial charge in [-0.2, -0.15) is 0 Å². The monoisotopic (exact) mass is 300 g/mol. The van der Waals surface area contributed by atoms with Gasteiger partial charge in [0.05, 0.1) is 5.56 Å². The Labute approximate surface area is 126 Å². The van der Waals surface area contributed by atoms with Crippen LogP contribution >= 0.6 is 11.6 Å². The van der Waals surface area contributed by atoms with Gasteiger partial charge in [0.2, 0.25) is 0 Å². The van der Waals surface area contributed by atoms with Gasteiger partial charge in [-0.25, -0.2) is 0 Å². The highest BCUT2D eigenvalue weighted by Crippen LogP contribution is 2.10. The van der Waals surface area contributed by atoms with E-state index in [-0.39, 0.29) is 5.91 Å². The van der Waals surface area contributed by atoms with E-state index in [4.69, 9.17) is 11.6 Å². The topological polar surface area (TPSA) is 59.3 Å². The maximum atomic E-state index is 12.2. The molecule has 3 aromatic rings. The summed E-state index contributed by atoms with van der Waals surface area (Å²) in [6.07, 6.45) is 1.74.